The number of hydrogen-bond donors (Lipinski definition) is 3. The largest absolute Gasteiger partial charge is 0.435 e. The first kappa shape index (κ1) is 40.3. The molecule has 2 heterocycles. The Bertz CT molecular complexity index is 2430. The SMILES string of the molecule is NC(=O)c1cc(-c2ccc(-c3ccc(F)c(C(N)=O)c3)c([C@H](Cc3cc(F)cc(F)c3)NC(=O)Cn3nc(C(F)(F)F)c4c3C(F)(F)CCC4(F)F)n2)ccc1F. The van der Waals surface area contributed by atoms with Crippen molar-refractivity contribution in [2.24, 2.45) is 11.5 Å². The van der Waals surface area contributed by atoms with Crippen LogP contribution in [0, 0.1) is 23.3 Å². The van der Waals surface area contributed by atoms with Crippen molar-refractivity contribution in [2.45, 2.75) is 49.9 Å². The Morgan fingerprint density at radius 2 is 1.33 bits per heavy atom. The van der Waals surface area contributed by atoms with Crippen molar-refractivity contribution in [2.75, 3.05) is 0 Å². The van der Waals surface area contributed by atoms with Crippen molar-refractivity contribution >= 4 is 17.7 Å². The van der Waals surface area contributed by atoms with E-state index in [1.165, 1.54) is 18.2 Å². The normalized spacial score (nSPS) is 15.1. The van der Waals surface area contributed by atoms with Gasteiger partial charge in [-0.05, 0) is 66.1 Å². The number of aromatic nitrogens is 3. The van der Waals surface area contributed by atoms with Crippen molar-refractivity contribution in [1.29, 1.82) is 0 Å². The van der Waals surface area contributed by atoms with Gasteiger partial charge in [0.1, 0.15) is 35.5 Å². The van der Waals surface area contributed by atoms with Crippen LogP contribution in [0.4, 0.5) is 48.3 Å². The van der Waals surface area contributed by atoms with Gasteiger partial charge in [-0.15, -0.1) is 0 Å². The van der Waals surface area contributed by atoms with E-state index in [9.17, 15) is 53.9 Å². The molecule has 0 fully saturated rings. The van der Waals surface area contributed by atoms with Gasteiger partial charge in [-0.1, -0.05) is 12.1 Å². The molecule has 9 nitrogen and oxygen atoms in total. The number of carbonyl (C=O) groups excluding carboxylic acids is 3. The van der Waals surface area contributed by atoms with Crippen molar-refractivity contribution in [3.05, 3.63) is 129 Å². The molecule has 2 aromatic heterocycles. The van der Waals surface area contributed by atoms with Gasteiger partial charge in [0.2, 0.25) is 5.91 Å². The van der Waals surface area contributed by atoms with Crippen LogP contribution in [0.3, 0.4) is 0 Å². The predicted molar refractivity (Wildman–Crippen MR) is 177 cm³/mol. The summed E-state index contributed by atoms with van der Waals surface area (Å²) in [6.45, 7) is -1.52. The van der Waals surface area contributed by atoms with Crippen LogP contribution in [0.2, 0.25) is 0 Å². The van der Waals surface area contributed by atoms with Gasteiger partial charge in [0.15, 0.2) is 5.69 Å². The monoisotopic (exact) mass is 810 g/mol. The van der Waals surface area contributed by atoms with E-state index < -0.39 is 119 Å². The smallest absolute Gasteiger partial charge is 0.366 e. The Labute approximate surface area is 313 Å². The molecule has 3 aromatic carbocycles. The number of halogens is 11. The number of fused-ring (bicyclic) bond motifs is 1. The molecule has 1 aliphatic rings. The number of nitrogens with one attached hydrogen (secondary N) is 1. The van der Waals surface area contributed by atoms with Crippen LogP contribution in [-0.2, 0) is 35.8 Å². The number of amides is 3. The van der Waals surface area contributed by atoms with E-state index in [1.807, 2.05) is 0 Å². The summed E-state index contributed by atoms with van der Waals surface area (Å²) < 4.78 is 159. The predicted octanol–water partition coefficient (Wildman–Crippen LogP) is 7.46. The third-order valence-corrected chi connectivity index (χ3v) is 9.00. The van der Waals surface area contributed by atoms with Gasteiger partial charge in [0.05, 0.1) is 34.1 Å². The Balaban J connectivity index is 1.53. The number of primary amides is 2. The van der Waals surface area contributed by atoms with Crippen LogP contribution in [0.25, 0.3) is 22.4 Å². The van der Waals surface area contributed by atoms with E-state index in [4.69, 9.17) is 11.5 Å². The molecule has 5 N–H and O–H groups in total. The third-order valence-electron chi connectivity index (χ3n) is 9.00. The van der Waals surface area contributed by atoms with Gasteiger partial charge in [-0.2, -0.15) is 27.1 Å². The van der Waals surface area contributed by atoms with Gasteiger partial charge >= 0.3 is 6.18 Å². The number of rotatable bonds is 10. The second-order valence-electron chi connectivity index (χ2n) is 13.0. The van der Waals surface area contributed by atoms with Gasteiger partial charge < -0.3 is 16.8 Å². The van der Waals surface area contributed by atoms with Crippen LogP contribution < -0.4 is 16.8 Å². The topological polar surface area (TPSA) is 146 Å². The van der Waals surface area contributed by atoms with Gasteiger partial charge in [-0.3, -0.25) is 19.1 Å². The van der Waals surface area contributed by atoms with Gasteiger partial charge in [0, 0.05) is 30.0 Å². The zero-order valence-electron chi connectivity index (χ0n) is 28.6. The minimum Gasteiger partial charge on any atom is -0.366 e. The first-order chi connectivity index (χ1) is 26.6. The summed E-state index contributed by atoms with van der Waals surface area (Å²) in [5.74, 6) is -16.8. The average Bonchev–Trinajstić information content (AvgIpc) is 3.52. The van der Waals surface area contributed by atoms with Crippen LogP contribution >= 0.6 is 0 Å². The minimum absolute atomic E-state index is 0.0151. The molecule has 57 heavy (non-hydrogen) atoms. The standard InChI is InChI=1S/C37H25F11N6O3/c38-19-9-16(10-20(39)14-19)11-27(51-28(55)15-54-32-29(31(53-54)37(46,47)48)35(42,43)7-8-36(32,44)45)30-21(17-1-4-24(40)22(12-17)33(49)56)3-6-26(52-30)18-2-5-25(41)23(13-18)34(50)57/h1-6,9-10,12-14,27H,7-8,11,15H2,(H2,49,56)(H2,50,57)(H,51,55)/t27-/m0/s1. The molecular formula is C37H25F11N6O3. The fourth-order valence-corrected chi connectivity index (χ4v) is 6.51. The van der Waals surface area contributed by atoms with E-state index in [0.717, 1.165) is 42.5 Å². The first-order valence-electron chi connectivity index (χ1n) is 16.4. The second kappa shape index (κ2) is 14.6. The van der Waals surface area contributed by atoms with E-state index >= 15 is 8.78 Å². The lowest BCUT2D eigenvalue weighted by molar-refractivity contribution is -0.149. The number of hydrogen-bond acceptors (Lipinski definition) is 5. The van der Waals surface area contributed by atoms with Crippen LogP contribution in [0.5, 0.6) is 0 Å². The summed E-state index contributed by atoms with van der Waals surface area (Å²) >= 11 is 0. The molecule has 1 aliphatic carbocycles. The van der Waals surface area contributed by atoms with Crippen LogP contribution in [0.1, 0.15) is 67.8 Å². The number of nitrogens with zero attached hydrogens (tertiary/aromatic N) is 3. The maximum Gasteiger partial charge on any atom is 0.435 e. The Morgan fingerprint density at radius 1 is 0.772 bits per heavy atom. The Kier molecular flexibility index (Phi) is 10.3. The molecule has 20 heteroatoms. The highest BCUT2D eigenvalue weighted by Crippen LogP contribution is 2.53. The number of pyridine rings is 1. The van der Waals surface area contributed by atoms with Crippen molar-refractivity contribution in [3.63, 3.8) is 0 Å². The molecule has 0 spiro atoms. The average molecular weight is 811 g/mol. The Hall–Kier alpha value is -6.34. The fourth-order valence-electron chi connectivity index (χ4n) is 6.51. The summed E-state index contributed by atoms with van der Waals surface area (Å²) in [4.78, 5) is 42.2. The highest BCUT2D eigenvalue weighted by Gasteiger charge is 2.57. The van der Waals surface area contributed by atoms with Crippen molar-refractivity contribution in [1.82, 2.24) is 20.1 Å². The fraction of sp³-hybridized carbons (Fsp3) is 0.216. The lowest BCUT2D eigenvalue weighted by Gasteiger charge is -2.30. The minimum atomic E-state index is -5.65. The number of alkyl halides is 7. The molecule has 0 aliphatic heterocycles. The maximum atomic E-state index is 15.1. The molecule has 0 bridgehead atoms. The van der Waals surface area contributed by atoms with E-state index in [0.29, 0.717) is 6.07 Å². The molecule has 0 saturated heterocycles. The zero-order valence-corrected chi connectivity index (χ0v) is 28.6. The highest BCUT2D eigenvalue weighted by atomic mass is 19.4. The van der Waals surface area contributed by atoms with E-state index in [2.05, 4.69) is 15.4 Å². The molecule has 0 radical (unpaired) electrons. The highest BCUT2D eigenvalue weighted by molar-refractivity contribution is 5.95. The lowest BCUT2D eigenvalue weighted by Crippen LogP contribution is -2.37. The maximum absolute atomic E-state index is 15.1. The molecule has 1 atom stereocenters. The summed E-state index contributed by atoms with van der Waals surface area (Å²) in [5.41, 5.74) is 2.51. The zero-order chi connectivity index (χ0) is 41.8. The van der Waals surface area contributed by atoms with Gasteiger partial charge in [0.25, 0.3) is 23.7 Å². The first-order valence-corrected chi connectivity index (χ1v) is 16.4. The third kappa shape index (κ3) is 8.15. The second-order valence-corrected chi connectivity index (χ2v) is 13.0. The summed E-state index contributed by atoms with van der Waals surface area (Å²) in [5, 5.41) is 5.30. The molecule has 6 rings (SSSR count). The van der Waals surface area contributed by atoms with E-state index in [1.54, 1.807) is 0 Å². The number of nitrogens with two attached hydrogens (primary N) is 2. The lowest BCUT2D eigenvalue weighted by atomic mass is 9.89. The molecule has 3 amide bonds. The summed E-state index contributed by atoms with van der Waals surface area (Å²) in [7, 11) is 0. The summed E-state index contributed by atoms with van der Waals surface area (Å²) in [6.07, 6.45) is -9.51. The molecular weight excluding hydrogens is 785 g/mol. The van der Waals surface area contributed by atoms with Crippen LogP contribution in [0.15, 0.2) is 66.7 Å². The molecule has 0 saturated carbocycles. The molecule has 5 aromatic rings. The van der Waals surface area contributed by atoms with Gasteiger partial charge in [-0.25, -0.2) is 31.3 Å². The van der Waals surface area contributed by atoms with E-state index in [-0.39, 0.29) is 38.3 Å². The summed E-state index contributed by atoms with van der Waals surface area (Å²) in [6, 6.07) is 9.10. The van der Waals surface area contributed by atoms with Crippen molar-refractivity contribution < 1.29 is 62.7 Å². The quantitative estimate of drug-likeness (QED) is 0.125. The number of carbonyl (C=O) groups is 3. The Morgan fingerprint density at radius 3 is 1.91 bits per heavy atom. The molecule has 298 valence electrons. The van der Waals surface area contributed by atoms with Crippen LogP contribution in [-0.4, -0.2) is 32.5 Å². The number of benzene rings is 3. The molecule has 0 unspecified atom stereocenters. The van der Waals surface area contributed by atoms with Crippen molar-refractivity contribution in [3.8, 4) is 22.4 Å².